The van der Waals surface area contributed by atoms with Gasteiger partial charge < -0.3 is 10.2 Å². The Morgan fingerprint density at radius 2 is 1.51 bits per heavy atom. The van der Waals surface area contributed by atoms with Crippen molar-refractivity contribution in [2.45, 2.75) is 58.1 Å². The third-order valence-electron chi connectivity index (χ3n) is 6.20. The summed E-state index contributed by atoms with van der Waals surface area (Å²) in [4.78, 5) is 28.3. The number of halogens is 2. The molecular weight excluding hydrogens is 557 g/mol. The molecule has 7 nitrogen and oxygen atoms in total. The Kier molecular flexibility index (Phi) is 10.0. The first-order valence-corrected chi connectivity index (χ1v) is 14.7. The van der Waals surface area contributed by atoms with E-state index in [1.165, 1.54) is 23.1 Å². The minimum atomic E-state index is -4.16. The zero-order chi connectivity index (χ0) is 28.9. The molecule has 1 N–H and O–H groups in total. The Morgan fingerprint density at radius 1 is 0.897 bits per heavy atom. The van der Waals surface area contributed by atoms with E-state index < -0.39 is 28.5 Å². The van der Waals surface area contributed by atoms with Crippen molar-refractivity contribution < 1.29 is 18.0 Å². The van der Waals surface area contributed by atoms with Crippen LogP contribution in [0.4, 0.5) is 5.69 Å². The molecule has 0 aromatic heterocycles. The summed E-state index contributed by atoms with van der Waals surface area (Å²) in [6.07, 6.45) is 0. The van der Waals surface area contributed by atoms with Crippen LogP contribution in [0.15, 0.2) is 71.6 Å². The second kappa shape index (κ2) is 12.9. The topological polar surface area (TPSA) is 86.8 Å². The minimum Gasteiger partial charge on any atom is -0.352 e. The normalized spacial score (nSPS) is 12.2. The van der Waals surface area contributed by atoms with Crippen LogP contribution in [0.25, 0.3) is 0 Å². The summed E-state index contributed by atoms with van der Waals surface area (Å²) in [5, 5.41) is 3.73. The van der Waals surface area contributed by atoms with Gasteiger partial charge in [0.05, 0.1) is 10.6 Å². The third kappa shape index (κ3) is 7.75. The Bertz CT molecular complexity index is 1430. The van der Waals surface area contributed by atoms with Crippen LogP contribution >= 0.6 is 23.2 Å². The molecular formula is C29H33Cl2N3O4S. The zero-order valence-electron chi connectivity index (χ0n) is 22.6. The van der Waals surface area contributed by atoms with Gasteiger partial charge in [0, 0.05) is 22.6 Å². The number of rotatable bonds is 10. The summed E-state index contributed by atoms with van der Waals surface area (Å²) < 4.78 is 28.8. The zero-order valence-corrected chi connectivity index (χ0v) is 24.9. The molecule has 0 aliphatic rings. The molecule has 1 atom stereocenters. The van der Waals surface area contributed by atoms with Gasteiger partial charge in [-0.2, -0.15) is 0 Å². The first-order valence-electron chi connectivity index (χ1n) is 12.5. The number of aryl methyl sites for hydroxylation is 2. The van der Waals surface area contributed by atoms with E-state index in [4.69, 9.17) is 23.2 Å². The van der Waals surface area contributed by atoms with E-state index >= 15 is 0 Å². The molecule has 0 unspecified atom stereocenters. The standard InChI is InChI=1S/C29H33Cl2N3O4S/c1-19(2)32-29(36)22(5)33(17-23-9-11-24(30)12-10-23)28(35)18-34(25-13-8-21(4)27(31)16-25)39(37,38)26-14-6-20(3)7-15-26/h6-16,19,22H,17-18H2,1-5H3,(H,32,36)/t22-/m0/s1. The summed E-state index contributed by atoms with van der Waals surface area (Å²) in [6.45, 7) is 8.47. The molecule has 3 rings (SSSR count). The van der Waals surface area contributed by atoms with Crippen LogP contribution in [0.1, 0.15) is 37.5 Å². The van der Waals surface area contributed by atoms with Gasteiger partial charge in [0.1, 0.15) is 12.6 Å². The van der Waals surface area contributed by atoms with Crippen molar-refractivity contribution in [2.24, 2.45) is 0 Å². The second-order valence-electron chi connectivity index (χ2n) is 9.75. The second-order valence-corrected chi connectivity index (χ2v) is 12.5. The molecule has 208 valence electrons. The van der Waals surface area contributed by atoms with Crippen LogP contribution in [-0.2, 0) is 26.2 Å². The van der Waals surface area contributed by atoms with Gasteiger partial charge in [-0.05, 0) is 82.1 Å². The van der Waals surface area contributed by atoms with Crippen LogP contribution in [0.2, 0.25) is 10.0 Å². The van der Waals surface area contributed by atoms with E-state index in [1.807, 2.05) is 20.8 Å². The van der Waals surface area contributed by atoms with E-state index in [0.717, 1.165) is 21.0 Å². The number of hydrogen-bond acceptors (Lipinski definition) is 4. The average molecular weight is 591 g/mol. The molecule has 0 spiro atoms. The molecule has 2 amide bonds. The molecule has 3 aromatic rings. The molecule has 0 radical (unpaired) electrons. The van der Waals surface area contributed by atoms with Crippen molar-refractivity contribution in [3.8, 4) is 0 Å². The predicted octanol–water partition coefficient (Wildman–Crippen LogP) is 5.75. The minimum absolute atomic E-state index is 0.0347. The number of anilines is 1. The van der Waals surface area contributed by atoms with Gasteiger partial charge in [0.25, 0.3) is 10.0 Å². The maximum Gasteiger partial charge on any atom is 0.264 e. The van der Waals surface area contributed by atoms with Crippen molar-refractivity contribution in [1.29, 1.82) is 0 Å². The fourth-order valence-corrected chi connectivity index (χ4v) is 5.58. The number of carbonyl (C=O) groups is 2. The summed E-state index contributed by atoms with van der Waals surface area (Å²) >= 11 is 12.4. The van der Waals surface area contributed by atoms with E-state index in [1.54, 1.807) is 62.4 Å². The lowest BCUT2D eigenvalue weighted by atomic mass is 10.1. The van der Waals surface area contributed by atoms with E-state index in [9.17, 15) is 18.0 Å². The van der Waals surface area contributed by atoms with Crippen LogP contribution in [0.3, 0.4) is 0 Å². The van der Waals surface area contributed by atoms with Gasteiger partial charge >= 0.3 is 0 Å². The highest BCUT2D eigenvalue weighted by Crippen LogP contribution is 2.29. The first-order chi connectivity index (χ1) is 18.3. The predicted molar refractivity (Wildman–Crippen MR) is 157 cm³/mol. The Balaban J connectivity index is 2.05. The van der Waals surface area contributed by atoms with Crippen LogP contribution in [0.5, 0.6) is 0 Å². The van der Waals surface area contributed by atoms with E-state index in [-0.39, 0.29) is 29.1 Å². The summed E-state index contributed by atoms with van der Waals surface area (Å²) in [5.74, 6) is -0.901. The van der Waals surface area contributed by atoms with Crippen molar-refractivity contribution in [3.05, 3.63) is 93.5 Å². The SMILES string of the molecule is Cc1ccc(S(=O)(=O)N(CC(=O)N(Cc2ccc(Cl)cc2)[C@@H](C)C(=O)NC(C)C)c2ccc(C)c(Cl)c2)cc1. The summed E-state index contributed by atoms with van der Waals surface area (Å²) in [5.41, 5.74) is 2.64. The monoisotopic (exact) mass is 589 g/mol. The van der Waals surface area contributed by atoms with Crippen LogP contribution in [0, 0.1) is 13.8 Å². The molecule has 0 bridgehead atoms. The van der Waals surface area contributed by atoms with Gasteiger partial charge in [-0.25, -0.2) is 8.42 Å². The van der Waals surface area contributed by atoms with Crippen molar-refractivity contribution in [1.82, 2.24) is 10.2 Å². The number of amides is 2. The molecule has 0 aliphatic carbocycles. The quantitative estimate of drug-likeness (QED) is 0.326. The highest BCUT2D eigenvalue weighted by atomic mass is 35.5. The lowest BCUT2D eigenvalue weighted by Crippen LogP contribution is -2.52. The number of carbonyl (C=O) groups excluding carboxylic acids is 2. The molecule has 0 heterocycles. The maximum absolute atomic E-state index is 13.9. The fourth-order valence-electron chi connectivity index (χ4n) is 3.88. The maximum atomic E-state index is 13.9. The van der Waals surface area contributed by atoms with Gasteiger partial charge in [-0.15, -0.1) is 0 Å². The number of benzene rings is 3. The van der Waals surface area contributed by atoms with Gasteiger partial charge in [-0.3, -0.25) is 13.9 Å². The Hall–Kier alpha value is -3.07. The molecule has 39 heavy (non-hydrogen) atoms. The highest BCUT2D eigenvalue weighted by molar-refractivity contribution is 7.92. The van der Waals surface area contributed by atoms with E-state index in [2.05, 4.69) is 5.32 Å². The van der Waals surface area contributed by atoms with Gasteiger partial charge in [0.2, 0.25) is 11.8 Å². The van der Waals surface area contributed by atoms with Crippen molar-refractivity contribution in [3.63, 3.8) is 0 Å². The molecule has 0 fully saturated rings. The largest absolute Gasteiger partial charge is 0.352 e. The molecule has 3 aromatic carbocycles. The molecule has 10 heteroatoms. The molecule has 0 aliphatic heterocycles. The fraction of sp³-hybridized carbons (Fsp3) is 0.310. The third-order valence-corrected chi connectivity index (χ3v) is 8.64. The first kappa shape index (κ1) is 30.5. The number of hydrogen-bond donors (Lipinski definition) is 1. The van der Waals surface area contributed by atoms with Crippen molar-refractivity contribution >= 4 is 50.7 Å². The average Bonchev–Trinajstić information content (AvgIpc) is 2.88. The highest BCUT2D eigenvalue weighted by Gasteiger charge is 2.32. The lowest BCUT2D eigenvalue weighted by Gasteiger charge is -2.32. The smallest absolute Gasteiger partial charge is 0.264 e. The molecule has 0 saturated heterocycles. The lowest BCUT2D eigenvalue weighted by molar-refractivity contribution is -0.139. The van der Waals surface area contributed by atoms with E-state index in [0.29, 0.717) is 10.0 Å². The van der Waals surface area contributed by atoms with Crippen LogP contribution < -0.4 is 9.62 Å². The Morgan fingerprint density at radius 3 is 2.08 bits per heavy atom. The van der Waals surface area contributed by atoms with Gasteiger partial charge in [0.15, 0.2) is 0 Å². The van der Waals surface area contributed by atoms with Crippen molar-refractivity contribution in [2.75, 3.05) is 10.8 Å². The van der Waals surface area contributed by atoms with Gasteiger partial charge in [-0.1, -0.05) is 59.1 Å². The number of sulfonamides is 1. The summed E-state index contributed by atoms with van der Waals surface area (Å²) in [7, 11) is -4.16. The molecule has 0 saturated carbocycles. The summed E-state index contributed by atoms with van der Waals surface area (Å²) in [6, 6.07) is 17.1. The Labute approximate surface area is 240 Å². The van der Waals surface area contributed by atoms with Crippen LogP contribution in [-0.4, -0.2) is 43.8 Å². The number of nitrogens with zero attached hydrogens (tertiary/aromatic N) is 2. The number of nitrogens with one attached hydrogen (secondary N) is 1.